The molecule has 3 aliphatic carbocycles. The van der Waals surface area contributed by atoms with Gasteiger partial charge in [-0.2, -0.15) is 5.26 Å². The fraction of sp³-hybridized carbons (Fsp3) is 0.667. The zero-order valence-electron chi connectivity index (χ0n) is 11.3. The lowest BCUT2D eigenvalue weighted by molar-refractivity contribution is 0.140. The van der Waals surface area contributed by atoms with Gasteiger partial charge in [-0.05, 0) is 23.5 Å². The molecule has 1 nitrogen and oxygen atoms in total. The van der Waals surface area contributed by atoms with Crippen LogP contribution in [0.4, 0.5) is 0 Å². The normalized spacial score (nSPS) is 51.1. The second-order valence-corrected chi connectivity index (χ2v) is 8.67. The number of hydrogen-bond donors (Lipinski definition) is 0. The molecule has 0 saturated heterocycles. The molecule has 108 valence electrons. The molecule has 0 heterocycles. The van der Waals surface area contributed by atoms with Gasteiger partial charge in [0.25, 0.3) is 0 Å². The van der Waals surface area contributed by atoms with Crippen molar-refractivity contribution >= 4 is 55.1 Å². The molecule has 0 aromatic rings. The van der Waals surface area contributed by atoms with Crippen LogP contribution >= 0.6 is 55.1 Å². The van der Waals surface area contributed by atoms with E-state index in [4.69, 9.17) is 23.2 Å². The van der Waals surface area contributed by atoms with Crippen LogP contribution in [0.2, 0.25) is 0 Å². The highest BCUT2D eigenvalue weighted by atomic mass is 79.9. The zero-order valence-corrected chi connectivity index (χ0v) is 16.0. The first-order valence-electron chi connectivity index (χ1n) is 6.64. The smallest absolute Gasteiger partial charge is 0.0912 e. The Kier molecular flexibility index (Phi) is 3.47. The molecule has 5 heteroatoms. The predicted molar refractivity (Wildman–Crippen MR) is 90.6 cm³/mol. The number of nitriles is 1. The van der Waals surface area contributed by atoms with Gasteiger partial charge in [-0.3, -0.25) is 0 Å². The summed E-state index contributed by atoms with van der Waals surface area (Å²) in [6.07, 6.45) is 2.62. The van der Waals surface area contributed by atoms with Gasteiger partial charge in [-0.25, -0.2) is 0 Å². The molecule has 0 aromatic heterocycles. The van der Waals surface area contributed by atoms with Crippen LogP contribution in [0, 0.1) is 34.0 Å². The van der Waals surface area contributed by atoms with E-state index in [1.165, 1.54) is 5.57 Å². The minimum Gasteiger partial charge on any atom is -0.193 e. The van der Waals surface area contributed by atoms with Crippen LogP contribution in [0.25, 0.3) is 0 Å². The van der Waals surface area contributed by atoms with E-state index in [9.17, 15) is 5.26 Å². The van der Waals surface area contributed by atoms with Crippen molar-refractivity contribution in [2.75, 3.05) is 10.7 Å². The molecule has 0 amide bonds. The Labute approximate surface area is 146 Å². The predicted octanol–water partition coefficient (Wildman–Crippen LogP) is 5.37. The Balaban J connectivity index is 2.28. The number of allylic oxidation sites excluding steroid dienone is 4. The van der Waals surface area contributed by atoms with Gasteiger partial charge < -0.3 is 0 Å². The lowest BCUT2D eigenvalue weighted by Gasteiger charge is -2.44. The Bertz CT molecular complexity index is 593. The van der Waals surface area contributed by atoms with Crippen molar-refractivity contribution in [1.82, 2.24) is 0 Å². The molecule has 2 saturated carbocycles. The SMILES string of the molecule is C[C@@]12C(CBr)=C(Cl)[C@@H](CBr)[C@]1(C)/C(=C\C#N)[C@@]1(Cl)C[C@@H]21. The number of nitrogens with zero attached hydrogens (tertiary/aromatic N) is 1. The standard InChI is InChI=1S/C15H15Br2Cl2N/c1-13-8(6-16)12(18)9(7-17)14(13,2)11-5-15(11,19)10(13)3-4-20/h3,8,11H,5-7H2,1-2H3/b10-3+/t8-,11+,13-,14+,15+/m1/s1. The molecule has 20 heavy (non-hydrogen) atoms. The van der Waals surface area contributed by atoms with Gasteiger partial charge in [-0.1, -0.05) is 57.3 Å². The average Bonchev–Trinajstić information content (AvgIpc) is 3.02. The van der Waals surface area contributed by atoms with Crippen molar-refractivity contribution in [2.45, 2.75) is 25.1 Å². The topological polar surface area (TPSA) is 23.8 Å². The zero-order chi connectivity index (χ0) is 14.9. The van der Waals surface area contributed by atoms with Gasteiger partial charge in [0.2, 0.25) is 0 Å². The number of hydrogen-bond acceptors (Lipinski definition) is 1. The first-order chi connectivity index (χ1) is 9.33. The van der Waals surface area contributed by atoms with Gasteiger partial charge in [0.15, 0.2) is 0 Å². The fourth-order valence-electron chi connectivity index (χ4n) is 4.82. The number of fused-ring (bicyclic) bond motifs is 3. The maximum atomic E-state index is 9.19. The Hall–Kier alpha value is 0.510. The molecule has 0 unspecified atom stereocenters. The first kappa shape index (κ1) is 15.4. The molecule has 0 aliphatic heterocycles. The maximum absolute atomic E-state index is 9.19. The van der Waals surface area contributed by atoms with Crippen LogP contribution in [0.5, 0.6) is 0 Å². The summed E-state index contributed by atoms with van der Waals surface area (Å²) in [6, 6.07) is 2.20. The molecule has 3 aliphatic rings. The van der Waals surface area contributed by atoms with Gasteiger partial charge in [-0.15, -0.1) is 11.6 Å². The van der Waals surface area contributed by atoms with E-state index in [-0.39, 0.29) is 21.6 Å². The molecule has 5 atom stereocenters. The van der Waals surface area contributed by atoms with E-state index in [2.05, 4.69) is 51.8 Å². The summed E-state index contributed by atoms with van der Waals surface area (Å²) in [5.41, 5.74) is 2.12. The summed E-state index contributed by atoms with van der Waals surface area (Å²) in [7, 11) is 0. The second kappa shape index (κ2) is 4.51. The fourth-order valence-corrected chi connectivity index (χ4v) is 8.20. The molecule has 0 radical (unpaired) electrons. The number of halogens is 4. The average molecular weight is 440 g/mol. The van der Waals surface area contributed by atoms with Crippen molar-refractivity contribution < 1.29 is 0 Å². The Morgan fingerprint density at radius 2 is 2.05 bits per heavy atom. The summed E-state index contributed by atoms with van der Waals surface area (Å²) >= 11 is 20.8. The highest BCUT2D eigenvalue weighted by molar-refractivity contribution is 9.09. The number of alkyl halides is 3. The van der Waals surface area contributed by atoms with E-state index in [0.29, 0.717) is 5.92 Å². The highest BCUT2D eigenvalue weighted by Gasteiger charge is 2.81. The van der Waals surface area contributed by atoms with E-state index >= 15 is 0 Å². The third-order valence-corrected chi connectivity index (χ3v) is 8.41. The van der Waals surface area contributed by atoms with Crippen LogP contribution in [0.3, 0.4) is 0 Å². The van der Waals surface area contributed by atoms with Crippen molar-refractivity contribution in [3.05, 3.63) is 22.3 Å². The summed E-state index contributed by atoms with van der Waals surface area (Å²) in [6.45, 7) is 4.51. The monoisotopic (exact) mass is 437 g/mol. The minimum atomic E-state index is -0.329. The van der Waals surface area contributed by atoms with Crippen LogP contribution in [0.1, 0.15) is 20.3 Å². The highest BCUT2D eigenvalue weighted by Crippen LogP contribution is 2.84. The molecule has 3 rings (SSSR count). The summed E-state index contributed by atoms with van der Waals surface area (Å²) in [5, 5.41) is 11.7. The Morgan fingerprint density at radius 3 is 2.55 bits per heavy atom. The van der Waals surface area contributed by atoms with E-state index in [1.807, 2.05) is 0 Å². The van der Waals surface area contributed by atoms with E-state index in [0.717, 1.165) is 27.7 Å². The first-order valence-corrected chi connectivity index (χ1v) is 9.64. The van der Waals surface area contributed by atoms with Crippen molar-refractivity contribution in [1.29, 1.82) is 5.26 Å². The lowest BCUT2D eigenvalue weighted by atomic mass is 9.60. The molecule has 0 bridgehead atoms. The largest absolute Gasteiger partial charge is 0.193 e. The number of rotatable bonds is 2. The molecular formula is C15H15Br2Cl2N. The molecule has 0 spiro atoms. The van der Waals surface area contributed by atoms with E-state index in [1.54, 1.807) is 6.08 Å². The van der Waals surface area contributed by atoms with E-state index < -0.39 is 0 Å². The van der Waals surface area contributed by atoms with Crippen LogP contribution < -0.4 is 0 Å². The third kappa shape index (κ3) is 1.41. The Morgan fingerprint density at radius 1 is 1.40 bits per heavy atom. The summed E-state index contributed by atoms with van der Waals surface area (Å²) in [5.74, 6) is 0.566. The van der Waals surface area contributed by atoms with Crippen molar-refractivity contribution in [3.8, 4) is 6.07 Å². The third-order valence-electron chi connectivity index (χ3n) is 6.09. The lowest BCUT2D eigenvalue weighted by Crippen LogP contribution is -2.40. The van der Waals surface area contributed by atoms with Gasteiger partial charge in [0.1, 0.15) is 0 Å². The van der Waals surface area contributed by atoms with Crippen LogP contribution in [-0.4, -0.2) is 15.5 Å². The van der Waals surface area contributed by atoms with Crippen LogP contribution in [0.15, 0.2) is 22.3 Å². The summed E-state index contributed by atoms with van der Waals surface area (Å²) < 4.78 is 0. The van der Waals surface area contributed by atoms with Gasteiger partial charge in [0, 0.05) is 38.5 Å². The second-order valence-electron chi connectivity index (χ2n) is 6.38. The maximum Gasteiger partial charge on any atom is 0.0912 e. The van der Waals surface area contributed by atoms with Crippen molar-refractivity contribution in [2.24, 2.45) is 22.7 Å². The van der Waals surface area contributed by atoms with Gasteiger partial charge in [0.05, 0.1) is 10.9 Å². The van der Waals surface area contributed by atoms with Crippen molar-refractivity contribution in [3.63, 3.8) is 0 Å². The molecular weight excluding hydrogens is 425 g/mol. The molecule has 0 N–H and O–H groups in total. The van der Waals surface area contributed by atoms with Crippen LogP contribution in [-0.2, 0) is 0 Å². The molecule has 0 aromatic carbocycles. The summed E-state index contributed by atoms with van der Waals surface area (Å²) in [4.78, 5) is -0.329. The quantitative estimate of drug-likeness (QED) is 0.419. The molecule has 2 fully saturated rings. The van der Waals surface area contributed by atoms with Gasteiger partial charge >= 0.3 is 0 Å². The minimum absolute atomic E-state index is 0.0591.